The van der Waals surface area contributed by atoms with Crippen LogP contribution < -0.4 is 15.8 Å². The van der Waals surface area contributed by atoms with Crippen molar-refractivity contribution >= 4 is 0 Å². The minimum atomic E-state index is 0.334. The predicted octanol–water partition coefficient (Wildman–Crippen LogP) is 1.55. The van der Waals surface area contributed by atoms with E-state index in [1.54, 1.807) is 0 Å². The van der Waals surface area contributed by atoms with Crippen molar-refractivity contribution in [3.05, 3.63) is 29.3 Å². The van der Waals surface area contributed by atoms with Gasteiger partial charge >= 0.3 is 0 Å². The van der Waals surface area contributed by atoms with Gasteiger partial charge in [0.1, 0.15) is 12.4 Å². The number of ether oxygens (including phenoxy) is 1. The molecule has 114 valence electrons. The first kappa shape index (κ1) is 17.0. The van der Waals surface area contributed by atoms with Crippen LogP contribution in [0.3, 0.4) is 0 Å². The summed E-state index contributed by atoms with van der Waals surface area (Å²) in [4.78, 5) is 2.23. The van der Waals surface area contributed by atoms with Gasteiger partial charge in [0.2, 0.25) is 0 Å². The number of likely N-dealkylation sites (N-methyl/N-ethyl adjacent to an activating group) is 1. The van der Waals surface area contributed by atoms with Crippen LogP contribution in [0.5, 0.6) is 5.75 Å². The third-order valence-corrected chi connectivity index (χ3v) is 3.38. The molecule has 3 N–H and O–H groups in total. The summed E-state index contributed by atoms with van der Waals surface area (Å²) in [6, 6.07) is 6.57. The van der Waals surface area contributed by atoms with Gasteiger partial charge in [0.05, 0.1) is 0 Å². The van der Waals surface area contributed by atoms with Crippen LogP contribution in [0.2, 0.25) is 0 Å². The number of benzene rings is 1. The van der Waals surface area contributed by atoms with E-state index in [2.05, 4.69) is 56.2 Å². The molecule has 0 amide bonds. The summed E-state index contributed by atoms with van der Waals surface area (Å²) in [5, 5.41) is 3.47. The van der Waals surface area contributed by atoms with Gasteiger partial charge in [-0.2, -0.15) is 0 Å². The van der Waals surface area contributed by atoms with E-state index >= 15 is 0 Å². The molecule has 1 rings (SSSR count). The van der Waals surface area contributed by atoms with Crippen LogP contribution in [0.25, 0.3) is 0 Å². The zero-order valence-electron chi connectivity index (χ0n) is 13.3. The fourth-order valence-electron chi connectivity index (χ4n) is 2.13. The molecule has 0 saturated carbocycles. The average Bonchev–Trinajstić information content (AvgIpc) is 2.38. The number of hydrogen-bond acceptors (Lipinski definition) is 4. The summed E-state index contributed by atoms with van der Waals surface area (Å²) in [5.41, 5.74) is 7.91. The van der Waals surface area contributed by atoms with Crippen molar-refractivity contribution in [3.63, 3.8) is 0 Å². The summed E-state index contributed by atoms with van der Waals surface area (Å²) < 4.78 is 5.94. The van der Waals surface area contributed by atoms with E-state index in [-0.39, 0.29) is 0 Å². The quantitative estimate of drug-likeness (QED) is 0.720. The van der Waals surface area contributed by atoms with Crippen molar-refractivity contribution in [2.45, 2.75) is 26.8 Å². The van der Waals surface area contributed by atoms with Crippen molar-refractivity contribution < 1.29 is 4.74 Å². The van der Waals surface area contributed by atoms with Gasteiger partial charge in [-0.05, 0) is 38.9 Å². The molecule has 1 atom stereocenters. The number of hydrogen-bond donors (Lipinski definition) is 2. The maximum absolute atomic E-state index is 5.94. The van der Waals surface area contributed by atoms with Crippen LogP contribution >= 0.6 is 0 Å². The Kier molecular flexibility index (Phi) is 7.59. The van der Waals surface area contributed by atoms with Gasteiger partial charge in [-0.15, -0.1) is 0 Å². The molecule has 0 aromatic heterocycles. The Morgan fingerprint density at radius 3 is 2.50 bits per heavy atom. The molecule has 0 aliphatic carbocycles. The summed E-state index contributed by atoms with van der Waals surface area (Å²) in [6.45, 7) is 10.6. The van der Waals surface area contributed by atoms with Gasteiger partial charge in [-0.25, -0.2) is 0 Å². The molecule has 4 nitrogen and oxygen atoms in total. The number of para-hydroxylation sites is 1. The van der Waals surface area contributed by atoms with Crippen LogP contribution in [0.15, 0.2) is 18.2 Å². The van der Waals surface area contributed by atoms with E-state index in [4.69, 9.17) is 10.5 Å². The second kappa shape index (κ2) is 8.95. The Labute approximate surface area is 123 Å². The highest BCUT2D eigenvalue weighted by molar-refractivity contribution is 5.39. The second-order valence-corrected chi connectivity index (χ2v) is 5.48. The monoisotopic (exact) mass is 279 g/mol. The first-order chi connectivity index (χ1) is 9.54. The molecule has 0 aliphatic heterocycles. The fourth-order valence-corrected chi connectivity index (χ4v) is 2.13. The average molecular weight is 279 g/mol. The lowest BCUT2D eigenvalue weighted by Gasteiger charge is -2.20. The van der Waals surface area contributed by atoms with Crippen molar-refractivity contribution in [3.8, 4) is 5.75 Å². The lowest BCUT2D eigenvalue weighted by molar-refractivity contribution is 0.261. The lowest BCUT2D eigenvalue weighted by Crippen LogP contribution is -2.38. The van der Waals surface area contributed by atoms with E-state index in [9.17, 15) is 0 Å². The SMILES string of the molecule is Cc1cccc(C)c1OCC(C)NCCN(C)CCN. The molecule has 0 bridgehead atoms. The zero-order valence-corrected chi connectivity index (χ0v) is 13.3. The van der Waals surface area contributed by atoms with Gasteiger partial charge < -0.3 is 20.7 Å². The van der Waals surface area contributed by atoms with Gasteiger partial charge in [-0.3, -0.25) is 0 Å². The molecule has 1 aromatic rings. The van der Waals surface area contributed by atoms with Crippen molar-refractivity contribution in [1.29, 1.82) is 0 Å². The Balaban J connectivity index is 2.28. The summed E-state index contributed by atoms with van der Waals surface area (Å²) in [6.07, 6.45) is 0. The molecule has 1 aromatic carbocycles. The van der Waals surface area contributed by atoms with Crippen LogP contribution in [-0.2, 0) is 0 Å². The highest BCUT2D eigenvalue weighted by Crippen LogP contribution is 2.22. The van der Waals surface area contributed by atoms with Gasteiger partial charge in [0.25, 0.3) is 0 Å². The molecule has 0 heterocycles. The smallest absolute Gasteiger partial charge is 0.125 e. The predicted molar refractivity (Wildman–Crippen MR) is 85.4 cm³/mol. The van der Waals surface area contributed by atoms with E-state index in [0.717, 1.165) is 25.4 Å². The van der Waals surface area contributed by atoms with E-state index in [0.29, 0.717) is 19.2 Å². The number of rotatable bonds is 9. The van der Waals surface area contributed by atoms with Crippen LogP contribution in [0.1, 0.15) is 18.1 Å². The molecule has 20 heavy (non-hydrogen) atoms. The normalized spacial score (nSPS) is 12.7. The highest BCUT2D eigenvalue weighted by Gasteiger charge is 2.07. The van der Waals surface area contributed by atoms with Crippen LogP contribution in [0, 0.1) is 13.8 Å². The van der Waals surface area contributed by atoms with E-state index < -0.39 is 0 Å². The second-order valence-electron chi connectivity index (χ2n) is 5.48. The molecular formula is C16H29N3O. The minimum absolute atomic E-state index is 0.334. The van der Waals surface area contributed by atoms with Crippen molar-refractivity contribution in [2.24, 2.45) is 5.73 Å². The maximum Gasteiger partial charge on any atom is 0.125 e. The Morgan fingerprint density at radius 1 is 1.25 bits per heavy atom. The van der Waals surface area contributed by atoms with Gasteiger partial charge in [0, 0.05) is 32.2 Å². The summed E-state index contributed by atoms with van der Waals surface area (Å²) in [7, 11) is 2.09. The molecule has 0 aliphatic rings. The minimum Gasteiger partial charge on any atom is -0.491 e. The molecule has 0 spiro atoms. The first-order valence-electron chi connectivity index (χ1n) is 7.35. The molecule has 0 fully saturated rings. The number of nitrogens with one attached hydrogen (secondary N) is 1. The third kappa shape index (κ3) is 5.90. The van der Waals surface area contributed by atoms with E-state index in [1.807, 2.05) is 0 Å². The summed E-state index contributed by atoms with van der Waals surface area (Å²) in [5.74, 6) is 1.02. The highest BCUT2D eigenvalue weighted by atomic mass is 16.5. The Morgan fingerprint density at radius 2 is 1.90 bits per heavy atom. The van der Waals surface area contributed by atoms with Crippen LogP contribution in [0.4, 0.5) is 0 Å². The largest absolute Gasteiger partial charge is 0.491 e. The van der Waals surface area contributed by atoms with E-state index in [1.165, 1.54) is 11.1 Å². The number of nitrogens with two attached hydrogens (primary N) is 1. The zero-order chi connectivity index (χ0) is 15.0. The maximum atomic E-state index is 5.94. The lowest BCUT2D eigenvalue weighted by atomic mass is 10.1. The molecule has 0 radical (unpaired) electrons. The number of nitrogens with zero attached hydrogens (tertiary/aromatic N) is 1. The number of aryl methyl sites for hydroxylation is 2. The topological polar surface area (TPSA) is 50.5 Å². The standard InChI is InChI=1S/C16H29N3O/c1-13-6-5-7-14(2)16(13)20-12-15(3)18-9-11-19(4)10-8-17/h5-7,15,18H,8-12,17H2,1-4H3. The van der Waals surface area contributed by atoms with Crippen molar-refractivity contribution in [1.82, 2.24) is 10.2 Å². The van der Waals surface area contributed by atoms with Crippen LogP contribution in [-0.4, -0.2) is 50.8 Å². The molecule has 4 heteroatoms. The van der Waals surface area contributed by atoms with Crippen molar-refractivity contribution in [2.75, 3.05) is 39.8 Å². The molecule has 1 unspecified atom stereocenters. The Hall–Kier alpha value is -1.10. The fraction of sp³-hybridized carbons (Fsp3) is 0.625. The van der Waals surface area contributed by atoms with Gasteiger partial charge in [-0.1, -0.05) is 18.2 Å². The molecule has 0 saturated heterocycles. The summed E-state index contributed by atoms with van der Waals surface area (Å²) >= 11 is 0. The Bertz CT molecular complexity index is 375. The first-order valence-corrected chi connectivity index (χ1v) is 7.35. The van der Waals surface area contributed by atoms with Gasteiger partial charge in [0.15, 0.2) is 0 Å². The third-order valence-electron chi connectivity index (χ3n) is 3.38. The molecular weight excluding hydrogens is 250 g/mol.